The summed E-state index contributed by atoms with van der Waals surface area (Å²) in [5.74, 6) is 0.901. The van der Waals surface area contributed by atoms with Gasteiger partial charge in [0, 0.05) is 40.3 Å². The number of para-hydroxylation sites is 2. The fourth-order valence-corrected chi connectivity index (χ4v) is 3.79. The zero-order chi connectivity index (χ0) is 20.3. The molecule has 1 saturated heterocycles. The van der Waals surface area contributed by atoms with Gasteiger partial charge in [0.1, 0.15) is 11.4 Å². The zero-order valence-electron chi connectivity index (χ0n) is 16.9. The van der Waals surface area contributed by atoms with Gasteiger partial charge in [0.15, 0.2) is 0 Å². The van der Waals surface area contributed by atoms with Crippen LogP contribution in [0, 0.1) is 0 Å². The maximum absolute atomic E-state index is 12.1. The van der Waals surface area contributed by atoms with Gasteiger partial charge in [-0.3, -0.25) is 18.8 Å². The van der Waals surface area contributed by atoms with Gasteiger partial charge in [-0.05, 0) is 31.5 Å². The van der Waals surface area contributed by atoms with Crippen molar-refractivity contribution >= 4 is 11.4 Å². The van der Waals surface area contributed by atoms with E-state index in [1.807, 2.05) is 18.2 Å². The minimum atomic E-state index is -0.413. The Labute approximate surface area is 164 Å². The van der Waals surface area contributed by atoms with Crippen molar-refractivity contribution in [3.8, 4) is 5.75 Å². The van der Waals surface area contributed by atoms with Gasteiger partial charge < -0.3 is 15.4 Å². The largest absolute Gasteiger partial charge is 0.495 e. The quantitative estimate of drug-likeness (QED) is 0.774. The van der Waals surface area contributed by atoms with Crippen molar-refractivity contribution in [1.82, 2.24) is 14.0 Å². The van der Waals surface area contributed by atoms with Crippen LogP contribution >= 0.6 is 0 Å². The normalized spacial score (nSPS) is 15.0. The predicted molar refractivity (Wildman–Crippen MR) is 111 cm³/mol. The lowest BCUT2D eigenvalue weighted by atomic mass is 10.1. The van der Waals surface area contributed by atoms with Gasteiger partial charge in [0.2, 0.25) is 0 Å². The number of hydrogen-bond donors (Lipinski definition) is 1. The predicted octanol–water partition coefficient (Wildman–Crippen LogP) is 0.430. The minimum absolute atomic E-state index is 0.172. The Balaban J connectivity index is 1.56. The molecule has 1 aromatic carbocycles. The van der Waals surface area contributed by atoms with E-state index in [4.69, 9.17) is 10.5 Å². The van der Waals surface area contributed by atoms with Crippen LogP contribution in [0.4, 0.5) is 11.4 Å². The summed E-state index contributed by atoms with van der Waals surface area (Å²) in [5.41, 5.74) is 7.14. The first-order valence-corrected chi connectivity index (χ1v) is 9.58. The lowest BCUT2D eigenvalue weighted by molar-refractivity contribution is 0.253. The number of ether oxygens (including phenoxy) is 1. The SMILES string of the molecule is COc1ccccc1N1CCN(CCCc2c(N)c(=O)n(C)c(=O)n2C)CC1. The summed E-state index contributed by atoms with van der Waals surface area (Å²) in [6, 6.07) is 8.09. The van der Waals surface area contributed by atoms with E-state index in [1.165, 1.54) is 11.6 Å². The highest BCUT2D eigenvalue weighted by molar-refractivity contribution is 5.58. The lowest BCUT2D eigenvalue weighted by Gasteiger charge is -2.36. The molecule has 2 aromatic rings. The van der Waals surface area contributed by atoms with Crippen LogP contribution in [0.1, 0.15) is 12.1 Å². The number of rotatable bonds is 6. The topological polar surface area (TPSA) is 85.7 Å². The fraction of sp³-hybridized carbons (Fsp3) is 0.500. The maximum atomic E-state index is 12.1. The second-order valence-electron chi connectivity index (χ2n) is 7.17. The molecule has 8 heteroatoms. The first-order valence-electron chi connectivity index (χ1n) is 9.58. The van der Waals surface area contributed by atoms with E-state index >= 15 is 0 Å². The first kappa shape index (κ1) is 20.0. The van der Waals surface area contributed by atoms with Gasteiger partial charge in [-0.1, -0.05) is 12.1 Å². The summed E-state index contributed by atoms with van der Waals surface area (Å²) in [6.45, 7) is 4.70. The van der Waals surface area contributed by atoms with Gasteiger partial charge in [-0.15, -0.1) is 0 Å². The Morgan fingerprint density at radius 2 is 1.71 bits per heavy atom. The van der Waals surface area contributed by atoms with E-state index in [0.29, 0.717) is 12.1 Å². The van der Waals surface area contributed by atoms with E-state index in [0.717, 1.165) is 55.1 Å². The van der Waals surface area contributed by atoms with E-state index < -0.39 is 5.56 Å². The van der Waals surface area contributed by atoms with Crippen LogP contribution in [-0.2, 0) is 20.5 Å². The average Bonchev–Trinajstić information content (AvgIpc) is 2.73. The molecule has 0 amide bonds. The van der Waals surface area contributed by atoms with Crippen LogP contribution in [-0.4, -0.2) is 53.9 Å². The Hall–Kier alpha value is -2.74. The number of nitrogens with zero attached hydrogens (tertiary/aromatic N) is 4. The third-order valence-electron chi connectivity index (χ3n) is 5.51. The molecule has 8 nitrogen and oxygen atoms in total. The highest BCUT2D eigenvalue weighted by atomic mass is 16.5. The number of nitrogens with two attached hydrogens (primary N) is 1. The van der Waals surface area contributed by atoms with Gasteiger partial charge in [-0.2, -0.15) is 0 Å². The molecule has 0 spiro atoms. The van der Waals surface area contributed by atoms with Crippen LogP contribution in [0.2, 0.25) is 0 Å². The molecule has 1 aliphatic heterocycles. The molecule has 0 saturated carbocycles. The Morgan fingerprint density at radius 1 is 1.04 bits per heavy atom. The molecule has 0 unspecified atom stereocenters. The molecule has 0 atom stereocenters. The lowest BCUT2D eigenvalue weighted by Crippen LogP contribution is -2.47. The highest BCUT2D eigenvalue weighted by Crippen LogP contribution is 2.28. The Kier molecular flexibility index (Phi) is 6.08. The maximum Gasteiger partial charge on any atom is 0.330 e. The van der Waals surface area contributed by atoms with Crippen molar-refractivity contribution in [2.75, 3.05) is 50.5 Å². The Morgan fingerprint density at radius 3 is 2.39 bits per heavy atom. The molecule has 2 N–H and O–H groups in total. The number of hydrogen-bond acceptors (Lipinski definition) is 6. The monoisotopic (exact) mass is 387 g/mol. The number of benzene rings is 1. The molecule has 3 rings (SSSR count). The van der Waals surface area contributed by atoms with Gasteiger partial charge in [0.25, 0.3) is 5.56 Å². The van der Waals surface area contributed by atoms with Crippen LogP contribution in [0.3, 0.4) is 0 Å². The van der Waals surface area contributed by atoms with Crippen molar-refractivity contribution in [2.24, 2.45) is 14.1 Å². The highest BCUT2D eigenvalue weighted by Gasteiger charge is 2.19. The van der Waals surface area contributed by atoms with Gasteiger partial charge in [0.05, 0.1) is 18.5 Å². The van der Waals surface area contributed by atoms with E-state index in [9.17, 15) is 9.59 Å². The number of piperazine rings is 1. The number of anilines is 2. The average molecular weight is 387 g/mol. The molecular formula is C20H29N5O3. The third kappa shape index (κ3) is 3.91. The van der Waals surface area contributed by atoms with Crippen molar-refractivity contribution in [1.29, 1.82) is 0 Å². The summed E-state index contributed by atoms with van der Waals surface area (Å²) in [5, 5.41) is 0. The van der Waals surface area contributed by atoms with E-state index in [1.54, 1.807) is 14.2 Å². The number of nitrogen functional groups attached to an aromatic ring is 1. The molecule has 152 valence electrons. The van der Waals surface area contributed by atoms with E-state index in [-0.39, 0.29) is 11.4 Å². The van der Waals surface area contributed by atoms with Crippen molar-refractivity contribution in [3.05, 3.63) is 50.8 Å². The summed E-state index contributed by atoms with van der Waals surface area (Å²) >= 11 is 0. The Bertz CT molecular complexity index is 905. The molecule has 0 bridgehead atoms. The second-order valence-corrected chi connectivity index (χ2v) is 7.17. The summed E-state index contributed by atoms with van der Waals surface area (Å²) in [7, 11) is 4.82. The van der Waals surface area contributed by atoms with Crippen LogP contribution in [0.25, 0.3) is 0 Å². The third-order valence-corrected chi connectivity index (χ3v) is 5.51. The molecular weight excluding hydrogens is 358 g/mol. The minimum Gasteiger partial charge on any atom is -0.495 e. The molecule has 2 heterocycles. The van der Waals surface area contributed by atoms with Crippen LogP contribution < -0.4 is 26.6 Å². The standard InChI is InChI=1S/C20H29N5O3/c1-22-16(18(21)19(26)23(2)20(22)27)8-6-10-24-11-13-25(14-12-24)15-7-4-5-9-17(15)28-3/h4-5,7,9H,6,8,10-14,21H2,1-3H3. The molecule has 0 radical (unpaired) electrons. The molecule has 1 fully saturated rings. The summed E-state index contributed by atoms with van der Waals surface area (Å²) in [4.78, 5) is 28.9. The van der Waals surface area contributed by atoms with Crippen LogP contribution in [0.15, 0.2) is 33.9 Å². The summed E-state index contributed by atoms with van der Waals surface area (Å²) < 4.78 is 8.00. The van der Waals surface area contributed by atoms with Gasteiger partial charge in [-0.25, -0.2) is 4.79 Å². The summed E-state index contributed by atoms with van der Waals surface area (Å²) in [6.07, 6.45) is 1.46. The van der Waals surface area contributed by atoms with Gasteiger partial charge >= 0.3 is 5.69 Å². The number of methoxy groups -OCH3 is 1. The van der Waals surface area contributed by atoms with Crippen molar-refractivity contribution < 1.29 is 4.74 Å². The molecule has 1 aliphatic rings. The van der Waals surface area contributed by atoms with E-state index in [2.05, 4.69) is 15.9 Å². The fourth-order valence-electron chi connectivity index (χ4n) is 3.79. The van der Waals surface area contributed by atoms with Crippen molar-refractivity contribution in [3.63, 3.8) is 0 Å². The van der Waals surface area contributed by atoms with Crippen molar-refractivity contribution in [2.45, 2.75) is 12.8 Å². The molecule has 0 aliphatic carbocycles. The smallest absolute Gasteiger partial charge is 0.330 e. The molecule has 1 aromatic heterocycles. The first-order chi connectivity index (χ1) is 13.4. The van der Waals surface area contributed by atoms with Crippen LogP contribution in [0.5, 0.6) is 5.75 Å². The number of aromatic nitrogens is 2. The molecule has 28 heavy (non-hydrogen) atoms. The zero-order valence-corrected chi connectivity index (χ0v) is 16.9. The second kappa shape index (κ2) is 8.52.